The van der Waals surface area contributed by atoms with Crippen LogP contribution in [0.5, 0.6) is 0 Å². The van der Waals surface area contributed by atoms with Gasteiger partial charge in [0.2, 0.25) is 5.91 Å². The van der Waals surface area contributed by atoms with Gasteiger partial charge in [-0.05, 0) is 0 Å². The lowest BCUT2D eigenvalue weighted by Crippen LogP contribution is -2.41. The Kier molecular flexibility index (Phi) is 3.94. The van der Waals surface area contributed by atoms with E-state index in [1.54, 1.807) is 0 Å². The zero-order chi connectivity index (χ0) is 15.7. The molecular weight excluding hydrogens is 284 g/mol. The molecule has 2 aliphatic heterocycles. The average Bonchev–Trinajstić information content (AvgIpc) is 3.10. The van der Waals surface area contributed by atoms with Crippen LogP contribution in [-0.4, -0.2) is 46.1 Å². The Bertz CT molecular complexity index is 521. The molecule has 6 nitrogen and oxygen atoms in total. The molecule has 114 valence electrons. The molecule has 0 unspecified atom stereocenters. The maximum absolute atomic E-state index is 13.3. The summed E-state index contributed by atoms with van der Waals surface area (Å²) in [6.45, 7) is -0.853. The van der Waals surface area contributed by atoms with E-state index in [2.05, 4.69) is 16.1 Å². The third-order valence-electron chi connectivity index (χ3n) is 3.67. The molecule has 8 heteroatoms. The Morgan fingerprint density at radius 1 is 1.38 bits per heavy atom. The van der Waals surface area contributed by atoms with Crippen LogP contribution in [0.4, 0.5) is 8.78 Å². The maximum atomic E-state index is 13.3. The van der Waals surface area contributed by atoms with Crippen LogP contribution >= 0.6 is 0 Å². The SMILES string of the molecule is C#CCCC1(CCC(=O)N2CC(F)(F)C[C@H]2C(=O)O)N=N1. The van der Waals surface area contributed by atoms with Crippen molar-refractivity contribution in [3.8, 4) is 12.3 Å². The number of amides is 1. The van der Waals surface area contributed by atoms with Gasteiger partial charge in [-0.1, -0.05) is 0 Å². The largest absolute Gasteiger partial charge is 0.480 e. The molecule has 0 spiro atoms. The highest BCUT2D eigenvalue weighted by molar-refractivity contribution is 5.84. The lowest BCUT2D eigenvalue weighted by molar-refractivity contribution is -0.148. The summed E-state index contributed by atoms with van der Waals surface area (Å²) in [7, 11) is 0. The van der Waals surface area contributed by atoms with Gasteiger partial charge in [-0.3, -0.25) is 4.79 Å². The smallest absolute Gasteiger partial charge is 0.326 e. The third kappa shape index (κ3) is 3.54. The highest BCUT2D eigenvalue weighted by atomic mass is 19.3. The number of halogens is 2. The third-order valence-corrected chi connectivity index (χ3v) is 3.67. The Hall–Kier alpha value is -2.04. The van der Waals surface area contributed by atoms with Gasteiger partial charge in [-0.25, -0.2) is 13.6 Å². The molecule has 0 aromatic rings. The predicted octanol–water partition coefficient (Wildman–Crippen LogP) is 1.66. The van der Waals surface area contributed by atoms with Crippen LogP contribution in [0.2, 0.25) is 0 Å². The summed E-state index contributed by atoms with van der Waals surface area (Å²) >= 11 is 0. The van der Waals surface area contributed by atoms with Crippen molar-refractivity contribution in [1.29, 1.82) is 0 Å². The normalized spacial score (nSPS) is 24.6. The summed E-state index contributed by atoms with van der Waals surface area (Å²) in [6.07, 6.45) is 5.46. The first-order chi connectivity index (χ1) is 9.79. The van der Waals surface area contributed by atoms with E-state index < -0.39 is 42.5 Å². The second-order valence-electron chi connectivity index (χ2n) is 5.32. The van der Waals surface area contributed by atoms with Crippen molar-refractivity contribution in [2.24, 2.45) is 10.2 Å². The topological polar surface area (TPSA) is 82.3 Å². The van der Waals surface area contributed by atoms with Gasteiger partial charge in [-0.2, -0.15) is 10.2 Å². The van der Waals surface area contributed by atoms with Crippen molar-refractivity contribution >= 4 is 11.9 Å². The molecule has 0 aromatic carbocycles. The number of carbonyl (C=O) groups excluding carboxylic acids is 1. The monoisotopic (exact) mass is 299 g/mol. The molecule has 2 aliphatic rings. The zero-order valence-corrected chi connectivity index (χ0v) is 11.3. The van der Waals surface area contributed by atoms with Crippen LogP contribution in [-0.2, 0) is 9.59 Å². The first-order valence-electron chi connectivity index (χ1n) is 6.56. The van der Waals surface area contributed by atoms with Gasteiger partial charge in [-0.15, -0.1) is 12.3 Å². The van der Waals surface area contributed by atoms with Gasteiger partial charge >= 0.3 is 5.97 Å². The average molecular weight is 299 g/mol. The zero-order valence-electron chi connectivity index (χ0n) is 11.3. The van der Waals surface area contributed by atoms with Crippen LogP contribution < -0.4 is 0 Å². The van der Waals surface area contributed by atoms with E-state index in [4.69, 9.17) is 11.5 Å². The Balaban J connectivity index is 1.91. The minimum absolute atomic E-state index is 0.0720. The number of nitrogens with zero attached hydrogens (tertiary/aromatic N) is 3. The number of hydrogen-bond acceptors (Lipinski definition) is 4. The quantitative estimate of drug-likeness (QED) is 0.757. The second kappa shape index (κ2) is 5.39. The van der Waals surface area contributed by atoms with Crippen molar-refractivity contribution < 1.29 is 23.5 Å². The number of terminal acetylenes is 1. The molecule has 1 fully saturated rings. The Labute approximate surface area is 120 Å². The van der Waals surface area contributed by atoms with E-state index in [9.17, 15) is 18.4 Å². The lowest BCUT2D eigenvalue weighted by Gasteiger charge is -2.21. The number of likely N-dealkylation sites (tertiary alicyclic amines) is 1. The van der Waals surface area contributed by atoms with Crippen LogP contribution in [0.15, 0.2) is 10.2 Å². The van der Waals surface area contributed by atoms with Crippen LogP contribution in [0.1, 0.15) is 32.1 Å². The molecule has 0 aromatic heterocycles. The summed E-state index contributed by atoms with van der Waals surface area (Å²) in [5.41, 5.74) is -0.678. The standard InChI is InChI=1S/C13H15F2N3O3/c1-2-3-5-13(16-17-13)6-4-10(19)18-8-12(14,15)7-9(18)11(20)21/h1,9H,3-8H2,(H,20,21)/t9-/m0/s1. The summed E-state index contributed by atoms with van der Waals surface area (Å²) in [4.78, 5) is 23.7. The fourth-order valence-corrected chi connectivity index (χ4v) is 2.42. The molecule has 2 rings (SSSR count). The molecule has 21 heavy (non-hydrogen) atoms. The number of carbonyl (C=O) groups is 2. The highest BCUT2D eigenvalue weighted by Crippen LogP contribution is 2.39. The number of alkyl halides is 2. The van der Waals surface area contributed by atoms with Gasteiger partial charge in [0.25, 0.3) is 5.92 Å². The Morgan fingerprint density at radius 3 is 2.57 bits per heavy atom. The van der Waals surface area contributed by atoms with Crippen molar-refractivity contribution in [3.05, 3.63) is 0 Å². The van der Waals surface area contributed by atoms with E-state index in [-0.39, 0.29) is 12.8 Å². The van der Waals surface area contributed by atoms with Crippen molar-refractivity contribution in [1.82, 2.24) is 4.90 Å². The summed E-state index contributed by atoms with van der Waals surface area (Å²) in [5, 5.41) is 16.6. The minimum Gasteiger partial charge on any atom is -0.480 e. The minimum atomic E-state index is -3.16. The summed E-state index contributed by atoms with van der Waals surface area (Å²) < 4.78 is 26.6. The maximum Gasteiger partial charge on any atom is 0.326 e. The molecule has 0 radical (unpaired) electrons. The molecule has 1 amide bonds. The van der Waals surface area contributed by atoms with Crippen LogP contribution in [0.25, 0.3) is 0 Å². The predicted molar refractivity (Wildman–Crippen MR) is 67.6 cm³/mol. The van der Waals surface area contributed by atoms with Gasteiger partial charge in [0, 0.05) is 32.1 Å². The first kappa shape index (κ1) is 15.4. The van der Waals surface area contributed by atoms with E-state index >= 15 is 0 Å². The van der Waals surface area contributed by atoms with Crippen molar-refractivity contribution in [2.45, 2.75) is 49.7 Å². The van der Waals surface area contributed by atoms with E-state index in [1.165, 1.54) is 0 Å². The Morgan fingerprint density at radius 2 is 2.05 bits per heavy atom. The number of rotatable bonds is 6. The first-order valence-corrected chi connectivity index (χ1v) is 6.56. The summed E-state index contributed by atoms with van der Waals surface area (Å²) in [6, 6.07) is -1.47. The van der Waals surface area contributed by atoms with Crippen molar-refractivity contribution in [3.63, 3.8) is 0 Å². The van der Waals surface area contributed by atoms with E-state index in [1.807, 2.05) is 0 Å². The molecule has 2 heterocycles. The van der Waals surface area contributed by atoms with E-state index in [0.717, 1.165) is 4.90 Å². The summed E-state index contributed by atoms with van der Waals surface area (Å²) in [5.74, 6) is -2.74. The molecule has 1 saturated heterocycles. The molecular formula is C13H15F2N3O3. The molecule has 1 atom stereocenters. The highest BCUT2D eigenvalue weighted by Gasteiger charge is 2.50. The van der Waals surface area contributed by atoms with E-state index in [0.29, 0.717) is 12.8 Å². The van der Waals surface area contributed by atoms with Gasteiger partial charge in [0.05, 0.1) is 6.54 Å². The molecule has 0 saturated carbocycles. The fraction of sp³-hybridized carbons (Fsp3) is 0.692. The number of hydrogen-bond donors (Lipinski definition) is 1. The molecule has 0 aliphatic carbocycles. The molecule has 0 bridgehead atoms. The number of carboxylic acid groups (broad SMARTS) is 1. The van der Waals surface area contributed by atoms with Crippen LogP contribution in [0.3, 0.4) is 0 Å². The van der Waals surface area contributed by atoms with Crippen molar-refractivity contribution in [2.75, 3.05) is 6.54 Å². The van der Waals surface area contributed by atoms with Crippen LogP contribution in [0, 0.1) is 12.3 Å². The lowest BCUT2D eigenvalue weighted by atomic mass is 10.0. The van der Waals surface area contributed by atoms with Gasteiger partial charge in [0.15, 0.2) is 5.66 Å². The van der Waals surface area contributed by atoms with Gasteiger partial charge < -0.3 is 10.0 Å². The molecule has 1 N–H and O–H groups in total. The second-order valence-corrected chi connectivity index (χ2v) is 5.32. The van der Waals surface area contributed by atoms with Gasteiger partial charge in [0.1, 0.15) is 6.04 Å². The number of aliphatic carboxylic acids is 1. The number of carboxylic acids is 1. The fourth-order valence-electron chi connectivity index (χ4n) is 2.42.